The molecule has 2 aromatic carbocycles. The molecule has 0 aliphatic carbocycles. The van der Waals surface area contributed by atoms with Crippen LogP contribution in [0.15, 0.2) is 42.5 Å². The van der Waals surface area contributed by atoms with Gasteiger partial charge in [-0.3, -0.25) is 0 Å². The van der Waals surface area contributed by atoms with Crippen molar-refractivity contribution in [2.45, 2.75) is 20.3 Å². The van der Waals surface area contributed by atoms with Gasteiger partial charge in [-0.05, 0) is 30.5 Å². The van der Waals surface area contributed by atoms with E-state index in [1.807, 2.05) is 25.1 Å². The molecule has 0 atom stereocenters. The Kier molecular flexibility index (Phi) is 3.11. The van der Waals surface area contributed by atoms with Gasteiger partial charge in [0, 0.05) is 10.9 Å². The minimum atomic E-state index is 0.535. The maximum atomic E-state index is 6.07. The van der Waals surface area contributed by atoms with Gasteiger partial charge < -0.3 is 5.73 Å². The molecule has 0 fully saturated rings. The molecule has 100 valence electrons. The zero-order valence-corrected chi connectivity index (χ0v) is 11.7. The molecule has 0 saturated carbocycles. The molecule has 1 heterocycles. The van der Waals surface area contributed by atoms with E-state index in [2.05, 4.69) is 41.2 Å². The number of nitrogens with zero attached hydrogens (tertiary/aromatic N) is 2. The van der Waals surface area contributed by atoms with Crippen molar-refractivity contribution < 1.29 is 0 Å². The number of nitrogen functional groups attached to an aromatic ring is 1. The van der Waals surface area contributed by atoms with Crippen LogP contribution in [0.2, 0.25) is 0 Å². The molecule has 3 rings (SSSR count). The highest BCUT2D eigenvalue weighted by Gasteiger charge is 2.08. The lowest BCUT2D eigenvalue weighted by atomic mass is 10.1. The first kappa shape index (κ1) is 12.6. The fourth-order valence-electron chi connectivity index (χ4n) is 2.34. The number of hydrogen-bond donors (Lipinski definition) is 1. The minimum Gasteiger partial charge on any atom is -0.383 e. The molecule has 3 aromatic rings. The van der Waals surface area contributed by atoms with Gasteiger partial charge in [-0.25, -0.2) is 9.97 Å². The second kappa shape index (κ2) is 4.93. The fraction of sp³-hybridized carbons (Fsp3) is 0.176. The van der Waals surface area contributed by atoms with Crippen LogP contribution >= 0.6 is 0 Å². The van der Waals surface area contributed by atoms with E-state index in [0.717, 1.165) is 28.5 Å². The molecule has 0 spiro atoms. The maximum Gasteiger partial charge on any atom is 0.162 e. The van der Waals surface area contributed by atoms with Crippen LogP contribution in [0.1, 0.15) is 18.1 Å². The lowest BCUT2D eigenvalue weighted by Gasteiger charge is -2.08. The van der Waals surface area contributed by atoms with E-state index in [1.54, 1.807) is 0 Å². The van der Waals surface area contributed by atoms with E-state index in [4.69, 9.17) is 5.73 Å². The number of para-hydroxylation sites is 1. The van der Waals surface area contributed by atoms with E-state index in [9.17, 15) is 0 Å². The van der Waals surface area contributed by atoms with Crippen molar-refractivity contribution in [3.8, 4) is 11.4 Å². The maximum absolute atomic E-state index is 6.07. The molecule has 3 heteroatoms. The number of aryl methyl sites for hydroxylation is 2. The molecule has 3 nitrogen and oxygen atoms in total. The first-order valence-corrected chi connectivity index (χ1v) is 6.81. The fourth-order valence-corrected chi connectivity index (χ4v) is 2.34. The topological polar surface area (TPSA) is 51.8 Å². The smallest absolute Gasteiger partial charge is 0.162 e. The minimum absolute atomic E-state index is 0.535. The van der Waals surface area contributed by atoms with Crippen LogP contribution in [0.3, 0.4) is 0 Å². The van der Waals surface area contributed by atoms with Crippen LogP contribution in [0.25, 0.3) is 22.3 Å². The molecule has 1 aromatic heterocycles. The summed E-state index contributed by atoms with van der Waals surface area (Å²) in [7, 11) is 0. The van der Waals surface area contributed by atoms with E-state index in [1.165, 1.54) is 5.56 Å². The quantitative estimate of drug-likeness (QED) is 0.766. The number of anilines is 1. The highest BCUT2D eigenvalue weighted by Crippen LogP contribution is 2.25. The highest BCUT2D eigenvalue weighted by atomic mass is 14.9. The van der Waals surface area contributed by atoms with Crippen molar-refractivity contribution in [2.24, 2.45) is 0 Å². The summed E-state index contributed by atoms with van der Waals surface area (Å²) in [5.41, 5.74) is 10.4. The molecule has 0 bridgehead atoms. The van der Waals surface area contributed by atoms with Gasteiger partial charge in [-0.1, -0.05) is 43.3 Å². The average molecular weight is 263 g/mol. The predicted octanol–water partition coefficient (Wildman–Crippen LogP) is 3.75. The second-order valence-corrected chi connectivity index (χ2v) is 4.95. The number of rotatable bonds is 2. The van der Waals surface area contributed by atoms with E-state index in [-0.39, 0.29) is 0 Å². The standard InChI is InChI=1S/C17H17N3/c1-3-12-7-9-13(10-8-12)17-19-15-11(2)5-4-6-14(15)16(18)20-17/h4-10H,3H2,1-2H3,(H2,18,19,20). The SMILES string of the molecule is CCc1ccc(-c2nc(N)c3cccc(C)c3n2)cc1. The van der Waals surface area contributed by atoms with E-state index < -0.39 is 0 Å². The molecule has 20 heavy (non-hydrogen) atoms. The van der Waals surface area contributed by atoms with Crippen molar-refractivity contribution in [3.63, 3.8) is 0 Å². The summed E-state index contributed by atoms with van der Waals surface area (Å²) in [6.07, 6.45) is 1.03. The Labute approximate surface area is 118 Å². The molecular formula is C17H17N3. The largest absolute Gasteiger partial charge is 0.383 e. The van der Waals surface area contributed by atoms with Gasteiger partial charge in [0.2, 0.25) is 0 Å². The number of aromatic nitrogens is 2. The third-order valence-electron chi connectivity index (χ3n) is 3.58. The molecule has 0 aliphatic rings. The lowest BCUT2D eigenvalue weighted by molar-refractivity contribution is 1.14. The van der Waals surface area contributed by atoms with Crippen molar-refractivity contribution in [1.82, 2.24) is 9.97 Å². The van der Waals surface area contributed by atoms with Gasteiger partial charge in [-0.15, -0.1) is 0 Å². The Morgan fingerprint density at radius 2 is 1.75 bits per heavy atom. The summed E-state index contributed by atoms with van der Waals surface area (Å²) in [4.78, 5) is 9.11. The van der Waals surface area contributed by atoms with Gasteiger partial charge in [0.05, 0.1) is 5.52 Å². The molecule has 0 amide bonds. The molecule has 2 N–H and O–H groups in total. The van der Waals surface area contributed by atoms with E-state index in [0.29, 0.717) is 11.6 Å². The van der Waals surface area contributed by atoms with Crippen LogP contribution in [-0.4, -0.2) is 9.97 Å². The highest BCUT2D eigenvalue weighted by molar-refractivity contribution is 5.91. The molecular weight excluding hydrogens is 246 g/mol. The average Bonchev–Trinajstić information content (AvgIpc) is 2.48. The Hall–Kier alpha value is -2.42. The zero-order valence-electron chi connectivity index (χ0n) is 11.7. The van der Waals surface area contributed by atoms with Crippen LogP contribution < -0.4 is 5.73 Å². The molecule has 0 radical (unpaired) electrons. The van der Waals surface area contributed by atoms with E-state index >= 15 is 0 Å². The van der Waals surface area contributed by atoms with Gasteiger partial charge in [0.1, 0.15) is 5.82 Å². The lowest BCUT2D eigenvalue weighted by Crippen LogP contribution is -1.99. The van der Waals surface area contributed by atoms with Crippen LogP contribution in [0, 0.1) is 6.92 Å². The Morgan fingerprint density at radius 3 is 2.45 bits per heavy atom. The predicted molar refractivity (Wildman–Crippen MR) is 83.5 cm³/mol. The Morgan fingerprint density at radius 1 is 1.00 bits per heavy atom. The summed E-state index contributed by atoms with van der Waals surface area (Å²) in [6.45, 7) is 4.18. The molecule has 0 aliphatic heterocycles. The number of fused-ring (bicyclic) bond motifs is 1. The summed E-state index contributed by atoms with van der Waals surface area (Å²) in [6, 6.07) is 14.3. The summed E-state index contributed by atoms with van der Waals surface area (Å²) in [5, 5.41) is 0.916. The first-order chi connectivity index (χ1) is 9.69. The Balaban J connectivity index is 2.18. The number of benzene rings is 2. The van der Waals surface area contributed by atoms with Gasteiger partial charge in [0.25, 0.3) is 0 Å². The second-order valence-electron chi connectivity index (χ2n) is 4.95. The monoisotopic (exact) mass is 263 g/mol. The van der Waals surface area contributed by atoms with Gasteiger partial charge in [0.15, 0.2) is 5.82 Å². The number of hydrogen-bond acceptors (Lipinski definition) is 3. The Bertz CT molecular complexity index is 761. The molecule has 0 unspecified atom stereocenters. The zero-order chi connectivity index (χ0) is 14.1. The normalized spacial score (nSPS) is 10.9. The van der Waals surface area contributed by atoms with Crippen LogP contribution in [0.4, 0.5) is 5.82 Å². The van der Waals surface area contributed by atoms with Crippen LogP contribution in [0.5, 0.6) is 0 Å². The van der Waals surface area contributed by atoms with Crippen molar-refractivity contribution in [1.29, 1.82) is 0 Å². The molecule has 0 saturated heterocycles. The third-order valence-corrected chi connectivity index (χ3v) is 3.58. The van der Waals surface area contributed by atoms with Crippen molar-refractivity contribution in [2.75, 3.05) is 5.73 Å². The first-order valence-electron chi connectivity index (χ1n) is 6.81. The van der Waals surface area contributed by atoms with Crippen LogP contribution in [-0.2, 0) is 6.42 Å². The van der Waals surface area contributed by atoms with Gasteiger partial charge in [-0.2, -0.15) is 0 Å². The summed E-state index contributed by atoms with van der Waals surface area (Å²) in [5.74, 6) is 1.22. The van der Waals surface area contributed by atoms with Gasteiger partial charge >= 0.3 is 0 Å². The van der Waals surface area contributed by atoms with Crippen molar-refractivity contribution in [3.05, 3.63) is 53.6 Å². The summed E-state index contributed by atoms with van der Waals surface area (Å²) < 4.78 is 0. The third kappa shape index (κ3) is 2.11. The number of nitrogens with two attached hydrogens (primary N) is 1. The summed E-state index contributed by atoms with van der Waals surface area (Å²) >= 11 is 0. The van der Waals surface area contributed by atoms with Crippen molar-refractivity contribution >= 4 is 16.7 Å².